The number of amides is 1. The predicted octanol–water partition coefficient (Wildman–Crippen LogP) is 4.47. The van der Waals surface area contributed by atoms with Crippen molar-refractivity contribution in [3.05, 3.63) is 77.2 Å². The minimum atomic E-state index is -0.108. The van der Waals surface area contributed by atoms with E-state index in [1.54, 1.807) is 10.7 Å². The van der Waals surface area contributed by atoms with Crippen molar-refractivity contribution < 1.29 is 4.79 Å². The summed E-state index contributed by atoms with van der Waals surface area (Å²) in [4.78, 5) is 28.9. The molecule has 0 saturated carbocycles. The topological polar surface area (TPSA) is 131 Å². The summed E-state index contributed by atoms with van der Waals surface area (Å²) in [5, 5.41) is 11.2. The molecule has 1 amide bonds. The second-order valence-electron chi connectivity index (χ2n) is 9.88. The van der Waals surface area contributed by atoms with Gasteiger partial charge in [-0.15, -0.1) is 5.10 Å². The molecule has 1 aromatic carbocycles. The Morgan fingerprint density at radius 3 is 2.47 bits per heavy atom. The molecule has 38 heavy (non-hydrogen) atoms. The summed E-state index contributed by atoms with van der Waals surface area (Å²) in [7, 11) is 0. The molecule has 7 rings (SSSR count). The van der Waals surface area contributed by atoms with E-state index in [9.17, 15) is 4.79 Å². The first kappa shape index (κ1) is 23.0. The maximum absolute atomic E-state index is 13.1. The SMILES string of the molecule is Nc1c(Br)c([C@H]2C[C@H]3CC[C@@H](C2)N3C(=O)c2nc[nH]n2)nc2c(-c3ccc(-c4ccccc4)nc3)cnn12. The lowest BCUT2D eigenvalue weighted by Crippen LogP contribution is -2.46. The number of piperidine rings is 1. The second-order valence-corrected chi connectivity index (χ2v) is 10.7. The Hall–Kier alpha value is -4.12. The van der Waals surface area contributed by atoms with Gasteiger partial charge in [-0.05, 0) is 47.7 Å². The average Bonchev–Trinajstić information content (AvgIpc) is 3.69. The first-order chi connectivity index (χ1) is 18.6. The smallest absolute Gasteiger partial charge is 0.294 e. The third-order valence-corrected chi connectivity index (χ3v) is 8.57. The summed E-state index contributed by atoms with van der Waals surface area (Å²) in [5.74, 6) is 0.785. The van der Waals surface area contributed by atoms with E-state index in [1.807, 2.05) is 53.6 Å². The number of benzene rings is 1. The molecular weight excluding hydrogens is 546 g/mol. The van der Waals surface area contributed by atoms with E-state index in [2.05, 4.69) is 41.2 Å². The van der Waals surface area contributed by atoms with Gasteiger partial charge in [0, 0.05) is 40.9 Å². The van der Waals surface area contributed by atoms with Crippen LogP contribution in [0, 0.1) is 0 Å². The highest BCUT2D eigenvalue weighted by Gasteiger charge is 2.45. The number of nitrogen functional groups attached to an aromatic ring is 1. The van der Waals surface area contributed by atoms with Crippen LogP contribution in [0.2, 0.25) is 0 Å². The molecule has 5 aromatic rings. The van der Waals surface area contributed by atoms with Gasteiger partial charge in [-0.1, -0.05) is 36.4 Å². The largest absolute Gasteiger partial charge is 0.383 e. The summed E-state index contributed by atoms with van der Waals surface area (Å²) >= 11 is 3.71. The number of H-pyrrole nitrogens is 1. The monoisotopic (exact) mass is 569 g/mol. The van der Waals surface area contributed by atoms with Gasteiger partial charge in [-0.3, -0.25) is 14.9 Å². The molecule has 190 valence electrons. The number of rotatable bonds is 4. The molecule has 2 bridgehead atoms. The normalized spacial score (nSPS) is 20.8. The Balaban J connectivity index is 1.22. The maximum atomic E-state index is 13.1. The van der Waals surface area contributed by atoms with Crippen LogP contribution >= 0.6 is 15.9 Å². The Kier molecular flexibility index (Phi) is 5.46. The number of pyridine rings is 1. The Labute approximate surface area is 226 Å². The van der Waals surface area contributed by atoms with Gasteiger partial charge in [-0.2, -0.15) is 9.61 Å². The van der Waals surface area contributed by atoms with Crippen LogP contribution in [0.5, 0.6) is 0 Å². The number of carbonyl (C=O) groups is 1. The number of anilines is 1. The summed E-state index contributed by atoms with van der Waals surface area (Å²) in [6.07, 6.45) is 8.63. The van der Waals surface area contributed by atoms with Gasteiger partial charge in [0.2, 0.25) is 5.82 Å². The predicted molar refractivity (Wildman–Crippen MR) is 145 cm³/mol. The lowest BCUT2D eigenvalue weighted by molar-refractivity contribution is 0.0557. The first-order valence-electron chi connectivity index (χ1n) is 12.6. The number of hydrogen-bond acceptors (Lipinski definition) is 7. The number of carbonyl (C=O) groups excluding carboxylic acids is 1. The zero-order valence-corrected chi connectivity index (χ0v) is 21.9. The lowest BCUT2D eigenvalue weighted by Gasteiger charge is -2.38. The van der Waals surface area contributed by atoms with E-state index in [4.69, 9.17) is 10.7 Å². The third-order valence-electron chi connectivity index (χ3n) is 7.75. The van der Waals surface area contributed by atoms with Crippen LogP contribution in [0.15, 0.2) is 65.7 Å². The van der Waals surface area contributed by atoms with Crippen LogP contribution in [0.1, 0.15) is 47.9 Å². The molecule has 0 spiro atoms. The molecule has 0 unspecified atom stereocenters. The van der Waals surface area contributed by atoms with Crippen LogP contribution in [0.3, 0.4) is 0 Å². The second kappa shape index (κ2) is 9.02. The molecule has 0 aliphatic carbocycles. The van der Waals surface area contributed by atoms with E-state index >= 15 is 0 Å². The van der Waals surface area contributed by atoms with Gasteiger partial charge >= 0.3 is 0 Å². The Bertz CT molecular complexity index is 1620. The number of nitrogens with two attached hydrogens (primary N) is 1. The maximum Gasteiger partial charge on any atom is 0.294 e. The number of halogens is 1. The van der Waals surface area contributed by atoms with Gasteiger partial charge in [0.1, 0.15) is 12.1 Å². The van der Waals surface area contributed by atoms with Crippen molar-refractivity contribution in [2.45, 2.75) is 43.7 Å². The molecule has 6 heterocycles. The lowest BCUT2D eigenvalue weighted by atomic mass is 9.87. The molecule has 3 atom stereocenters. The zero-order chi connectivity index (χ0) is 25.8. The van der Waals surface area contributed by atoms with Crippen molar-refractivity contribution in [3.8, 4) is 22.4 Å². The van der Waals surface area contributed by atoms with Crippen molar-refractivity contribution in [1.82, 2.24) is 39.7 Å². The molecule has 11 heteroatoms. The fourth-order valence-electron chi connectivity index (χ4n) is 5.98. The average molecular weight is 570 g/mol. The number of aromatic nitrogens is 7. The van der Waals surface area contributed by atoms with E-state index in [-0.39, 0.29) is 29.7 Å². The number of hydrogen-bond donors (Lipinski definition) is 2. The highest BCUT2D eigenvalue weighted by atomic mass is 79.9. The zero-order valence-electron chi connectivity index (χ0n) is 20.3. The molecule has 2 aliphatic heterocycles. The van der Waals surface area contributed by atoms with Crippen molar-refractivity contribution in [2.24, 2.45) is 0 Å². The van der Waals surface area contributed by atoms with Crippen molar-refractivity contribution in [1.29, 1.82) is 0 Å². The van der Waals surface area contributed by atoms with E-state index in [1.165, 1.54) is 6.33 Å². The van der Waals surface area contributed by atoms with E-state index in [0.717, 1.165) is 58.2 Å². The van der Waals surface area contributed by atoms with Crippen LogP contribution < -0.4 is 5.73 Å². The number of fused-ring (bicyclic) bond motifs is 3. The van der Waals surface area contributed by atoms with Crippen LogP contribution in [-0.4, -0.2) is 57.7 Å². The molecule has 4 aromatic heterocycles. The van der Waals surface area contributed by atoms with Gasteiger partial charge in [0.05, 0.1) is 22.1 Å². The molecular formula is C27H24BrN9O. The fraction of sp³-hybridized carbons (Fsp3) is 0.259. The van der Waals surface area contributed by atoms with Crippen LogP contribution in [-0.2, 0) is 0 Å². The van der Waals surface area contributed by atoms with E-state index in [0.29, 0.717) is 11.5 Å². The van der Waals surface area contributed by atoms with Gasteiger partial charge in [0.15, 0.2) is 5.65 Å². The molecule has 2 aliphatic rings. The Morgan fingerprint density at radius 2 is 1.79 bits per heavy atom. The van der Waals surface area contributed by atoms with E-state index < -0.39 is 0 Å². The number of aromatic amines is 1. The highest BCUT2D eigenvalue weighted by molar-refractivity contribution is 9.10. The third kappa shape index (κ3) is 3.68. The van der Waals surface area contributed by atoms with Gasteiger partial charge < -0.3 is 10.6 Å². The number of nitrogens with zero attached hydrogens (tertiary/aromatic N) is 7. The summed E-state index contributed by atoms with van der Waals surface area (Å²) in [6.45, 7) is 0. The minimum Gasteiger partial charge on any atom is -0.383 e. The van der Waals surface area contributed by atoms with Crippen molar-refractivity contribution >= 4 is 33.3 Å². The molecule has 2 fully saturated rings. The van der Waals surface area contributed by atoms with Gasteiger partial charge in [-0.25, -0.2) is 9.97 Å². The summed E-state index contributed by atoms with van der Waals surface area (Å²) in [6, 6.07) is 14.4. The Morgan fingerprint density at radius 1 is 1.00 bits per heavy atom. The van der Waals surface area contributed by atoms with Crippen LogP contribution in [0.25, 0.3) is 28.0 Å². The minimum absolute atomic E-state index is 0.108. The van der Waals surface area contributed by atoms with Gasteiger partial charge in [0.25, 0.3) is 5.91 Å². The fourth-order valence-corrected chi connectivity index (χ4v) is 6.56. The highest BCUT2D eigenvalue weighted by Crippen LogP contribution is 2.45. The van der Waals surface area contributed by atoms with Crippen molar-refractivity contribution in [2.75, 3.05) is 5.73 Å². The molecule has 0 radical (unpaired) electrons. The van der Waals surface area contributed by atoms with Crippen molar-refractivity contribution in [3.63, 3.8) is 0 Å². The number of nitrogens with one attached hydrogen (secondary N) is 1. The molecule has 2 saturated heterocycles. The first-order valence-corrected chi connectivity index (χ1v) is 13.4. The standard InChI is InChI=1S/C27H24BrN9O/c28-22-23(17-10-18-7-8-19(11-17)36(18)27(38)25-31-14-32-35-25)34-26-20(13-33-37(26)24(22)29)16-6-9-21(30-12-16)15-4-2-1-3-5-15/h1-6,9,12-14,17-19H,7-8,10-11,29H2,(H,31,32,35)/t17-,18+,19-. The molecule has 10 nitrogen and oxygen atoms in total. The summed E-state index contributed by atoms with van der Waals surface area (Å²) < 4.78 is 2.43. The quantitative estimate of drug-likeness (QED) is 0.326. The molecule has 3 N–H and O–H groups in total. The van der Waals surface area contributed by atoms with Crippen LogP contribution in [0.4, 0.5) is 5.82 Å². The summed E-state index contributed by atoms with van der Waals surface area (Å²) in [5.41, 5.74) is 11.9.